The van der Waals surface area contributed by atoms with Gasteiger partial charge in [0.2, 0.25) is 0 Å². The molecule has 0 spiro atoms. The lowest BCUT2D eigenvalue weighted by Crippen LogP contribution is -2.49. The number of nitrogens with zero attached hydrogens (tertiary/aromatic N) is 3. The zero-order chi connectivity index (χ0) is 16.4. The lowest BCUT2D eigenvalue weighted by atomic mass is 9.84. The summed E-state index contributed by atoms with van der Waals surface area (Å²) in [7, 11) is 1.63. The second-order valence-electron chi connectivity index (χ2n) is 6.49. The van der Waals surface area contributed by atoms with E-state index >= 15 is 0 Å². The smallest absolute Gasteiger partial charge is 0.334 e. The fraction of sp³-hybridized carbons (Fsp3) is 0.500. The van der Waals surface area contributed by atoms with Crippen molar-refractivity contribution in [3.63, 3.8) is 0 Å². The van der Waals surface area contributed by atoms with Crippen LogP contribution in [0.4, 0.5) is 0 Å². The minimum absolute atomic E-state index is 0.0469. The molecule has 0 bridgehead atoms. The first-order valence-corrected chi connectivity index (χ1v) is 7.39. The van der Waals surface area contributed by atoms with Gasteiger partial charge in [-0.1, -0.05) is 6.07 Å². The van der Waals surface area contributed by atoms with Gasteiger partial charge in [-0.25, -0.2) is 0 Å². The average Bonchev–Trinajstić information content (AvgIpc) is 2.93. The van der Waals surface area contributed by atoms with Crippen LogP contribution in [0.2, 0.25) is 0 Å². The van der Waals surface area contributed by atoms with Crippen molar-refractivity contribution in [2.24, 2.45) is 0 Å². The van der Waals surface area contributed by atoms with E-state index < -0.39 is 11.2 Å². The van der Waals surface area contributed by atoms with E-state index in [1.165, 1.54) is 0 Å². The summed E-state index contributed by atoms with van der Waals surface area (Å²) in [6.07, 6.45) is 5.41. The van der Waals surface area contributed by atoms with E-state index in [1.54, 1.807) is 33.7 Å². The van der Waals surface area contributed by atoms with Gasteiger partial charge in [0, 0.05) is 18.6 Å². The van der Waals surface area contributed by atoms with Gasteiger partial charge in [-0.15, -0.1) is 0 Å². The first-order valence-electron chi connectivity index (χ1n) is 7.39. The van der Waals surface area contributed by atoms with Crippen LogP contribution in [0.3, 0.4) is 0 Å². The zero-order valence-corrected chi connectivity index (χ0v) is 13.8. The molecule has 2 aromatic heterocycles. The monoisotopic (exact) mass is 300 g/mol. The maximum atomic E-state index is 10.1. The normalized spacial score (nSPS) is 13.9. The van der Waals surface area contributed by atoms with Gasteiger partial charge >= 0.3 is 7.48 Å². The maximum Gasteiger partial charge on any atom is 0.334 e. The fourth-order valence-electron chi connectivity index (χ4n) is 1.74. The van der Waals surface area contributed by atoms with E-state index in [0.717, 1.165) is 11.2 Å². The van der Waals surface area contributed by atoms with Crippen molar-refractivity contribution in [1.82, 2.24) is 14.8 Å². The van der Waals surface area contributed by atoms with Crippen LogP contribution in [-0.4, -0.2) is 38.6 Å². The molecule has 0 aromatic carbocycles. The first kappa shape index (κ1) is 16.7. The highest BCUT2D eigenvalue weighted by Crippen LogP contribution is 2.24. The van der Waals surface area contributed by atoms with Gasteiger partial charge in [-0.3, -0.25) is 9.67 Å². The molecule has 117 valence electrons. The molecule has 1 N–H and O–H groups in total. The third-order valence-corrected chi connectivity index (χ3v) is 4.10. The SMILES string of the molecule is CC(c1ccccn1)n1cc([B]OC(C)(C)C(C)(C)O)cn1. The van der Waals surface area contributed by atoms with Crippen molar-refractivity contribution < 1.29 is 9.76 Å². The largest absolute Gasteiger partial charge is 0.427 e. The lowest BCUT2D eigenvalue weighted by molar-refractivity contribution is -0.0893. The Bertz CT molecular complexity index is 605. The molecule has 0 fully saturated rings. The van der Waals surface area contributed by atoms with Crippen LogP contribution >= 0.6 is 0 Å². The first-order chi connectivity index (χ1) is 10.2. The number of aromatic nitrogens is 3. The minimum atomic E-state index is -0.944. The Hall–Kier alpha value is -1.66. The van der Waals surface area contributed by atoms with Crippen LogP contribution in [-0.2, 0) is 4.65 Å². The summed E-state index contributed by atoms with van der Waals surface area (Å²) < 4.78 is 7.58. The molecule has 22 heavy (non-hydrogen) atoms. The van der Waals surface area contributed by atoms with Crippen LogP contribution in [0.1, 0.15) is 46.4 Å². The second kappa shape index (κ2) is 6.22. The quantitative estimate of drug-likeness (QED) is 0.825. The number of rotatable bonds is 6. The highest BCUT2D eigenvalue weighted by molar-refractivity contribution is 6.46. The van der Waals surface area contributed by atoms with Gasteiger partial charge in [-0.05, 0) is 52.2 Å². The number of hydrogen-bond acceptors (Lipinski definition) is 4. The van der Waals surface area contributed by atoms with E-state index in [1.807, 2.05) is 49.8 Å². The fourth-order valence-corrected chi connectivity index (χ4v) is 1.74. The van der Waals surface area contributed by atoms with Gasteiger partial charge in [0.1, 0.15) is 0 Å². The lowest BCUT2D eigenvalue weighted by Gasteiger charge is -2.37. The highest BCUT2D eigenvalue weighted by Gasteiger charge is 2.35. The molecule has 0 aliphatic heterocycles. The molecule has 0 amide bonds. The summed E-state index contributed by atoms with van der Waals surface area (Å²) in [4.78, 5) is 4.35. The Labute approximate surface area is 132 Å². The minimum Gasteiger partial charge on any atom is -0.427 e. The summed E-state index contributed by atoms with van der Waals surface area (Å²) in [5.74, 6) is 0. The number of pyridine rings is 1. The Morgan fingerprint density at radius 3 is 2.59 bits per heavy atom. The summed E-state index contributed by atoms with van der Waals surface area (Å²) in [5, 5.41) is 14.4. The van der Waals surface area contributed by atoms with E-state index in [4.69, 9.17) is 4.65 Å². The molecule has 2 rings (SSSR count). The summed E-state index contributed by atoms with van der Waals surface area (Å²) >= 11 is 0. The van der Waals surface area contributed by atoms with Crippen molar-refractivity contribution in [2.75, 3.05) is 0 Å². The van der Waals surface area contributed by atoms with Gasteiger partial charge in [-0.2, -0.15) is 5.10 Å². The average molecular weight is 300 g/mol. The van der Waals surface area contributed by atoms with E-state index in [9.17, 15) is 5.11 Å². The zero-order valence-electron chi connectivity index (χ0n) is 13.8. The third-order valence-electron chi connectivity index (χ3n) is 4.10. The predicted octanol–water partition coefficient (Wildman–Crippen LogP) is 1.70. The van der Waals surface area contributed by atoms with Crippen LogP contribution in [0.5, 0.6) is 0 Å². The van der Waals surface area contributed by atoms with Gasteiger partial charge in [0.15, 0.2) is 0 Å². The molecule has 6 heteroatoms. The Morgan fingerprint density at radius 2 is 2.00 bits per heavy atom. The summed E-state index contributed by atoms with van der Waals surface area (Å²) in [6.45, 7) is 9.20. The Morgan fingerprint density at radius 1 is 1.27 bits per heavy atom. The summed E-state index contributed by atoms with van der Waals surface area (Å²) in [5.41, 5.74) is 0.164. The topological polar surface area (TPSA) is 60.2 Å². The van der Waals surface area contributed by atoms with Crippen molar-refractivity contribution in [3.05, 3.63) is 42.5 Å². The van der Waals surface area contributed by atoms with Gasteiger partial charge < -0.3 is 9.76 Å². The van der Waals surface area contributed by atoms with Crippen molar-refractivity contribution in [3.8, 4) is 0 Å². The molecule has 1 unspecified atom stereocenters. The maximum absolute atomic E-state index is 10.1. The van der Waals surface area contributed by atoms with E-state index in [-0.39, 0.29) is 6.04 Å². The molecule has 2 aromatic rings. The Kier molecular flexibility index (Phi) is 4.73. The molecule has 5 nitrogen and oxygen atoms in total. The van der Waals surface area contributed by atoms with Gasteiger partial charge in [0.25, 0.3) is 0 Å². The standard InChI is InChI=1S/C16H23BN3O2/c1-12(14-8-6-7-9-18-14)20-11-13(10-19-20)17-22-16(4,5)15(2,3)21/h6-12,21H,1-5H3. The van der Waals surface area contributed by atoms with Gasteiger partial charge in [0.05, 0.1) is 22.9 Å². The van der Waals surface area contributed by atoms with Crippen LogP contribution in [0.25, 0.3) is 0 Å². The molecule has 0 aliphatic carbocycles. The molecule has 0 saturated carbocycles. The van der Waals surface area contributed by atoms with Crippen LogP contribution in [0, 0.1) is 0 Å². The molecule has 1 radical (unpaired) electrons. The molecule has 1 atom stereocenters. The van der Waals surface area contributed by atoms with E-state index in [2.05, 4.69) is 10.1 Å². The molecular weight excluding hydrogens is 277 g/mol. The Balaban J connectivity index is 2.03. The number of aliphatic hydroxyl groups is 1. The van der Waals surface area contributed by atoms with Crippen molar-refractivity contribution >= 4 is 12.9 Å². The molecular formula is C16H23BN3O2. The molecule has 0 saturated heterocycles. The summed E-state index contributed by atoms with van der Waals surface area (Å²) in [6, 6.07) is 5.88. The molecule has 2 heterocycles. The predicted molar refractivity (Wildman–Crippen MR) is 87.1 cm³/mol. The third kappa shape index (κ3) is 3.75. The van der Waals surface area contributed by atoms with Crippen LogP contribution < -0.4 is 5.46 Å². The van der Waals surface area contributed by atoms with Crippen LogP contribution in [0.15, 0.2) is 36.8 Å². The number of hydrogen-bond donors (Lipinski definition) is 1. The highest BCUT2D eigenvalue weighted by atomic mass is 16.5. The van der Waals surface area contributed by atoms with Crippen molar-refractivity contribution in [1.29, 1.82) is 0 Å². The van der Waals surface area contributed by atoms with Crippen molar-refractivity contribution in [2.45, 2.75) is 51.9 Å². The second-order valence-corrected chi connectivity index (χ2v) is 6.49. The van der Waals surface area contributed by atoms with E-state index in [0.29, 0.717) is 0 Å². The molecule has 0 aliphatic rings.